The molecule has 17 heteroatoms. The van der Waals surface area contributed by atoms with Crippen molar-refractivity contribution >= 4 is 58.0 Å². The Kier molecular flexibility index (Phi) is 12.0. The van der Waals surface area contributed by atoms with Crippen molar-refractivity contribution in [2.45, 2.75) is 133 Å². The van der Waals surface area contributed by atoms with Gasteiger partial charge in [-0.1, -0.05) is 24.6 Å². The van der Waals surface area contributed by atoms with E-state index in [1.54, 1.807) is 6.20 Å². The second-order valence-corrected chi connectivity index (χ2v) is 22.0. The predicted molar refractivity (Wildman–Crippen MR) is 270 cm³/mol. The molecule has 9 heterocycles. The van der Waals surface area contributed by atoms with E-state index in [2.05, 4.69) is 73.0 Å². The summed E-state index contributed by atoms with van der Waals surface area (Å²) in [5.74, 6) is 1.03. The van der Waals surface area contributed by atoms with Crippen molar-refractivity contribution in [3.63, 3.8) is 0 Å². The fourth-order valence-corrected chi connectivity index (χ4v) is 12.9. The lowest BCUT2D eigenvalue weighted by Crippen LogP contribution is -2.59. The molecule has 2 N–H and O–H groups in total. The number of anilines is 3. The summed E-state index contributed by atoms with van der Waals surface area (Å²) >= 11 is 0. The minimum atomic E-state index is -0.689. The molecule has 8 aliphatic rings. The normalized spacial score (nSPS) is 25.3. The lowest BCUT2D eigenvalue weighted by atomic mass is 9.73. The maximum Gasteiger partial charge on any atom is 0.319 e. The van der Waals surface area contributed by atoms with Gasteiger partial charge in [0.15, 0.2) is 5.82 Å². The number of benzene rings is 1. The van der Waals surface area contributed by atoms with Gasteiger partial charge >= 0.3 is 6.03 Å². The first-order chi connectivity index (χ1) is 34.5. The Labute approximate surface area is 415 Å². The minimum Gasteiger partial charge on any atom is -0.366 e. The van der Waals surface area contributed by atoms with Crippen molar-refractivity contribution in [2.75, 3.05) is 80.6 Å². The Bertz CT molecular complexity index is 2720. The van der Waals surface area contributed by atoms with Gasteiger partial charge in [-0.05, 0) is 127 Å². The SMILES string of the molecule is CC(C)n1cnc2cc(-c3ccc4c(c3)N([C@H]3C[C@@H](N5CCCCC5)C3)C(=O)C43CCN(C(=O)N4CCC(C(=O)N5CCN(c6ccc(C7CCC(=O)NC7=O)cn6)CC5)CC4)CC3)nc(NC3CC3)c21. The molecule has 6 amide bonds. The van der Waals surface area contributed by atoms with E-state index < -0.39 is 5.41 Å². The first-order valence-corrected chi connectivity index (χ1v) is 26.8. The standard InChI is InChI=1S/C54H68N12O5/c1-34(2)65-33-56-44-31-43(58-49(48(44)65)57-38-8-9-38)36-6-11-42-45(28-36)66(40-29-39(30-40)60-18-4-3-5-19-60)52(70)54(42)16-22-64(23-17-54)53(71)63-20-14-35(15-21-63)51(69)62-26-24-61(25-27-62)46-12-7-37(32-55-46)41-10-13-47(67)59-50(41)68/h6-7,11-12,28,31-35,38-41H,3-5,8-10,13-27,29-30H2,1-2H3,(H,57,58)(H,59,67,68)/t39-,40+,41?. The number of imide groups is 1. The molecule has 374 valence electrons. The molecule has 1 spiro atoms. The van der Waals surface area contributed by atoms with Crippen LogP contribution in [0.15, 0.2) is 48.9 Å². The Morgan fingerprint density at radius 1 is 0.775 bits per heavy atom. The first-order valence-electron chi connectivity index (χ1n) is 26.8. The Morgan fingerprint density at radius 3 is 2.21 bits per heavy atom. The van der Waals surface area contributed by atoms with Crippen molar-refractivity contribution < 1.29 is 24.0 Å². The van der Waals surface area contributed by atoms with Crippen LogP contribution < -0.4 is 20.4 Å². The van der Waals surface area contributed by atoms with Crippen LogP contribution in [0.25, 0.3) is 22.3 Å². The second kappa shape index (κ2) is 18.5. The van der Waals surface area contributed by atoms with Crippen LogP contribution in [-0.2, 0) is 24.6 Å². The zero-order valence-corrected chi connectivity index (χ0v) is 41.4. The predicted octanol–water partition coefficient (Wildman–Crippen LogP) is 6.05. The van der Waals surface area contributed by atoms with Gasteiger partial charge in [0.05, 0.1) is 28.9 Å². The molecule has 1 atom stereocenters. The molecule has 12 rings (SSSR count). The van der Waals surface area contributed by atoms with E-state index in [-0.39, 0.29) is 53.6 Å². The molecule has 17 nitrogen and oxygen atoms in total. The number of pyridine rings is 2. The lowest BCUT2D eigenvalue weighted by molar-refractivity contribution is -0.137. The smallest absolute Gasteiger partial charge is 0.319 e. The number of rotatable bonds is 9. The molecule has 0 radical (unpaired) electrons. The minimum absolute atomic E-state index is 0.00807. The third-order valence-electron chi connectivity index (χ3n) is 17.4. The van der Waals surface area contributed by atoms with Crippen LogP contribution in [-0.4, -0.2) is 152 Å². The molecule has 2 aliphatic carbocycles. The van der Waals surface area contributed by atoms with E-state index in [1.165, 1.54) is 19.3 Å². The second-order valence-electron chi connectivity index (χ2n) is 22.0. The summed E-state index contributed by atoms with van der Waals surface area (Å²) in [7, 11) is 0. The molecule has 3 aromatic heterocycles. The summed E-state index contributed by atoms with van der Waals surface area (Å²) < 4.78 is 2.19. The third-order valence-corrected chi connectivity index (χ3v) is 17.4. The molecule has 1 aromatic carbocycles. The van der Waals surface area contributed by atoms with E-state index in [0.29, 0.717) is 103 Å². The number of piperidine rings is 4. The maximum absolute atomic E-state index is 15.2. The number of likely N-dealkylation sites (tertiary alicyclic amines) is 3. The summed E-state index contributed by atoms with van der Waals surface area (Å²) in [6, 6.07) is 13.8. The Hall–Kier alpha value is -6.10. The summed E-state index contributed by atoms with van der Waals surface area (Å²) in [6.07, 6.45) is 14.9. The van der Waals surface area contributed by atoms with Crippen molar-refractivity contribution in [1.82, 2.24) is 44.4 Å². The zero-order valence-electron chi connectivity index (χ0n) is 41.4. The highest BCUT2D eigenvalue weighted by Crippen LogP contribution is 2.52. The van der Waals surface area contributed by atoms with Crippen LogP contribution in [0.3, 0.4) is 0 Å². The molecule has 71 heavy (non-hydrogen) atoms. The zero-order chi connectivity index (χ0) is 48.5. The van der Waals surface area contributed by atoms with Gasteiger partial charge in [-0.25, -0.2) is 19.7 Å². The van der Waals surface area contributed by atoms with Crippen molar-refractivity contribution in [3.8, 4) is 11.3 Å². The van der Waals surface area contributed by atoms with Crippen LogP contribution >= 0.6 is 0 Å². The van der Waals surface area contributed by atoms with Crippen molar-refractivity contribution in [3.05, 3.63) is 60.0 Å². The number of amides is 6. The number of hydrogen-bond donors (Lipinski definition) is 2. The molecule has 7 fully saturated rings. The van der Waals surface area contributed by atoms with Gasteiger partial charge in [0.1, 0.15) is 11.3 Å². The van der Waals surface area contributed by atoms with Gasteiger partial charge in [0, 0.05) is 106 Å². The Morgan fingerprint density at radius 2 is 1.52 bits per heavy atom. The van der Waals surface area contributed by atoms with Crippen LogP contribution in [0.5, 0.6) is 0 Å². The molecule has 1 unspecified atom stereocenters. The quantitative estimate of drug-likeness (QED) is 0.187. The number of aromatic nitrogens is 4. The van der Waals surface area contributed by atoms with Gasteiger partial charge in [-0.2, -0.15) is 0 Å². The number of fused-ring (bicyclic) bond motifs is 3. The van der Waals surface area contributed by atoms with Crippen LogP contribution in [0.2, 0.25) is 0 Å². The van der Waals surface area contributed by atoms with E-state index >= 15 is 4.79 Å². The van der Waals surface area contributed by atoms with E-state index in [0.717, 1.165) is 89.5 Å². The maximum atomic E-state index is 15.2. The largest absolute Gasteiger partial charge is 0.366 e. The summed E-state index contributed by atoms with van der Waals surface area (Å²) in [5, 5.41) is 6.12. The fourth-order valence-electron chi connectivity index (χ4n) is 12.9. The lowest BCUT2D eigenvalue weighted by Gasteiger charge is -2.48. The molecule has 0 bridgehead atoms. The number of piperazine rings is 1. The summed E-state index contributed by atoms with van der Waals surface area (Å²) in [4.78, 5) is 94.8. The van der Waals surface area contributed by atoms with Gasteiger partial charge in [0.2, 0.25) is 23.6 Å². The van der Waals surface area contributed by atoms with Gasteiger partial charge < -0.3 is 39.3 Å². The summed E-state index contributed by atoms with van der Waals surface area (Å²) in [6.45, 7) is 11.2. The molecule has 2 saturated carbocycles. The van der Waals surface area contributed by atoms with Crippen LogP contribution in [0.1, 0.15) is 120 Å². The van der Waals surface area contributed by atoms with E-state index in [4.69, 9.17) is 9.97 Å². The highest BCUT2D eigenvalue weighted by Gasteiger charge is 2.56. The highest BCUT2D eigenvalue weighted by molar-refractivity contribution is 6.09. The van der Waals surface area contributed by atoms with E-state index in [1.807, 2.05) is 33.2 Å². The molecule has 5 saturated heterocycles. The van der Waals surface area contributed by atoms with E-state index in [9.17, 15) is 19.2 Å². The topological polar surface area (TPSA) is 172 Å². The fraction of sp³-hybridized carbons (Fsp3) is 0.593. The number of carbonyl (C=O) groups excluding carboxylic acids is 5. The monoisotopic (exact) mass is 965 g/mol. The average molecular weight is 965 g/mol. The number of nitrogens with one attached hydrogen (secondary N) is 2. The van der Waals surface area contributed by atoms with Crippen LogP contribution in [0.4, 0.5) is 22.1 Å². The van der Waals surface area contributed by atoms with Crippen molar-refractivity contribution in [1.29, 1.82) is 0 Å². The molecule has 4 aromatic rings. The number of carbonyl (C=O) groups is 5. The Balaban J connectivity index is 0.695. The molecular formula is C54H68N12O5. The third kappa shape index (κ3) is 8.48. The van der Waals surface area contributed by atoms with Crippen LogP contribution in [0, 0.1) is 5.92 Å². The highest BCUT2D eigenvalue weighted by atomic mass is 16.2. The number of nitrogens with zero attached hydrogens (tertiary/aromatic N) is 10. The van der Waals surface area contributed by atoms with Gasteiger partial charge in [-0.3, -0.25) is 24.5 Å². The van der Waals surface area contributed by atoms with Crippen molar-refractivity contribution in [2.24, 2.45) is 5.92 Å². The average Bonchev–Trinajstić information content (AvgIpc) is 4.05. The first kappa shape index (κ1) is 46.0. The molecule has 6 aliphatic heterocycles. The van der Waals surface area contributed by atoms with Gasteiger partial charge in [0.25, 0.3) is 0 Å². The molecular weight excluding hydrogens is 897 g/mol. The number of urea groups is 1. The summed E-state index contributed by atoms with van der Waals surface area (Å²) in [5.41, 5.74) is 5.98. The van der Waals surface area contributed by atoms with Gasteiger partial charge in [-0.15, -0.1) is 0 Å². The number of imidazole rings is 1. The number of hydrogen-bond acceptors (Lipinski definition) is 11.